The Morgan fingerprint density at radius 1 is 1.00 bits per heavy atom. The van der Waals surface area contributed by atoms with Gasteiger partial charge in [-0.1, -0.05) is 0 Å². The van der Waals surface area contributed by atoms with Gasteiger partial charge in [-0.3, -0.25) is 9.59 Å². The molecular formula is C21H28N2O3. The standard InChI is InChI=1S/C21H28N2O3/c1-15(2)26-17-7-5-16(6-8-17)22-18(24)20(9-10-20)21(11-12-21)19(25)23-13-3-4-14-23/h5-8,15H,3-4,9-14H2,1-2H3,(H,22,24). The van der Waals surface area contributed by atoms with Gasteiger partial charge in [0.1, 0.15) is 5.75 Å². The van der Waals surface area contributed by atoms with E-state index in [0.717, 1.165) is 63.1 Å². The highest BCUT2D eigenvalue weighted by molar-refractivity contribution is 6.03. The molecule has 3 fully saturated rings. The van der Waals surface area contributed by atoms with Crippen molar-refractivity contribution >= 4 is 17.5 Å². The van der Waals surface area contributed by atoms with E-state index in [9.17, 15) is 9.59 Å². The summed E-state index contributed by atoms with van der Waals surface area (Å²) in [6.45, 7) is 5.68. The van der Waals surface area contributed by atoms with Crippen molar-refractivity contribution in [3.05, 3.63) is 24.3 Å². The van der Waals surface area contributed by atoms with Crippen LogP contribution in [0.3, 0.4) is 0 Å². The van der Waals surface area contributed by atoms with Gasteiger partial charge in [0.05, 0.1) is 16.9 Å². The number of nitrogens with zero attached hydrogens (tertiary/aromatic N) is 1. The lowest BCUT2D eigenvalue weighted by Gasteiger charge is -2.29. The Hall–Kier alpha value is -2.04. The maximum Gasteiger partial charge on any atom is 0.231 e. The second kappa shape index (κ2) is 6.29. The molecule has 3 aliphatic rings. The zero-order chi connectivity index (χ0) is 18.4. The molecule has 0 atom stereocenters. The van der Waals surface area contributed by atoms with Crippen LogP contribution in [0.4, 0.5) is 5.69 Å². The van der Waals surface area contributed by atoms with Crippen molar-refractivity contribution in [2.75, 3.05) is 18.4 Å². The lowest BCUT2D eigenvalue weighted by Crippen LogP contribution is -2.44. The maximum absolute atomic E-state index is 13.1. The molecule has 4 rings (SSSR count). The van der Waals surface area contributed by atoms with Gasteiger partial charge in [-0.05, 0) is 76.6 Å². The lowest BCUT2D eigenvalue weighted by molar-refractivity contribution is -0.143. The fourth-order valence-corrected chi connectivity index (χ4v) is 4.43. The van der Waals surface area contributed by atoms with Gasteiger partial charge in [0.25, 0.3) is 0 Å². The van der Waals surface area contributed by atoms with Crippen LogP contribution in [0.15, 0.2) is 24.3 Å². The van der Waals surface area contributed by atoms with Crippen LogP contribution in [-0.2, 0) is 9.59 Å². The quantitative estimate of drug-likeness (QED) is 0.847. The van der Waals surface area contributed by atoms with Crippen LogP contribution >= 0.6 is 0 Å². The van der Waals surface area contributed by atoms with Crippen LogP contribution in [0.25, 0.3) is 0 Å². The number of carbonyl (C=O) groups excluding carboxylic acids is 2. The molecule has 5 heteroatoms. The molecule has 1 N–H and O–H groups in total. The zero-order valence-electron chi connectivity index (χ0n) is 15.7. The van der Waals surface area contributed by atoms with E-state index in [1.807, 2.05) is 43.0 Å². The summed E-state index contributed by atoms with van der Waals surface area (Å²) < 4.78 is 5.64. The van der Waals surface area contributed by atoms with Crippen molar-refractivity contribution in [2.24, 2.45) is 10.8 Å². The van der Waals surface area contributed by atoms with Crippen molar-refractivity contribution in [1.82, 2.24) is 4.90 Å². The Morgan fingerprint density at radius 2 is 1.58 bits per heavy atom. The number of anilines is 1. The van der Waals surface area contributed by atoms with E-state index in [1.54, 1.807) is 0 Å². The molecule has 140 valence electrons. The minimum Gasteiger partial charge on any atom is -0.491 e. The molecule has 1 aromatic rings. The molecule has 2 amide bonds. The summed E-state index contributed by atoms with van der Waals surface area (Å²) in [5, 5.41) is 3.05. The zero-order valence-corrected chi connectivity index (χ0v) is 15.7. The van der Waals surface area contributed by atoms with Crippen molar-refractivity contribution in [1.29, 1.82) is 0 Å². The number of ether oxygens (including phenoxy) is 1. The fourth-order valence-electron chi connectivity index (χ4n) is 4.43. The highest BCUT2D eigenvalue weighted by atomic mass is 16.5. The van der Waals surface area contributed by atoms with Gasteiger partial charge >= 0.3 is 0 Å². The average molecular weight is 356 g/mol. The van der Waals surface area contributed by atoms with Gasteiger partial charge in [0, 0.05) is 18.8 Å². The molecule has 2 aliphatic carbocycles. The molecule has 26 heavy (non-hydrogen) atoms. The summed E-state index contributed by atoms with van der Waals surface area (Å²) in [4.78, 5) is 28.1. The largest absolute Gasteiger partial charge is 0.491 e. The monoisotopic (exact) mass is 356 g/mol. The van der Waals surface area contributed by atoms with Gasteiger partial charge in [-0.2, -0.15) is 0 Å². The average Bonchev–Trinajstić information content (AvgIpc) is 3.52. The molecule has 0 unspecified atom stereocenters. The molecule has 1 aromatic carbocycles. The van der Waals surface area contributed by atoms with E-state index in [4.69, 9.17) is 4.74 Å². The molecular weight excluding hydrogens is 328 g/mol. The molecule has 0 radical (unpaired) electrons. The minimum atomic E-state index is -0.486. The number of rotatable bonds is 6. The summed E-state index contributed by atoms with van der Waals surface area (Å²) in [6.07, 6.45) is 5.67. The number of carbonyl (C=O) groups is 2. The first kappa shape index (κ1) is 17.4. The first-order chi connectivity index (χ1) is 12.5. The number of hydrogen-bond donors (Lipinski definition) is 1. The van der Waals surface area contributed by atoms with Gasteiger partial charge in [-0.15, -0.1) is 0 Å². The second-order valence-electron chi connectivity index (χ2n) is 8.31. The first-order valence-electron chi connectivity index (χ1n) is 9.84. The molecule has 0 bridgehead atoms. The second-order valence-corrected chi connectivity index (χ2v) is 8.31. The SMILES string of the molecule is CC(C)Oc1ccc(NC(=O)C2(C3(C(=O)N4CCCC4)CC3)CC2)cc1. The summed E-state index contributed by atoms with van der Waals surface area (Å²) in [5.41, 5.74) is -0.149. The third-order valence-corrected chi connectivity index (χ3v) is 6.14. The third-order valence-electron chi connectivity index (χ3n) is 6.14. The van der Waals surface area contributed by atoms with Gasteiger partial charge in [-0.25, -0.2) is 0 Å². The number of amides is 2. The highest BCUT2D eigenvalue weighted by Gasteiger charge is 2.73. The lowest BCUT2D eigenvalue weighted by atomic mass is 9.83. The molecule has 2 saturated carbocycles. The van der Waals surface area contributed by atoms with Crippen LogP contribution in [0.2, 0.25) is 0 Å². The molecule has 1 aliphatic heterocycles. The van der Waals surface area contributed by atoms with Gasteiger partial charge < -0.3 is 15.0 Å². The fraction of sp³-hybridized carbons (Fsp3) is 0.619. The van der Waals surface area contributed by atoms with Gasteiger partial charge in [0.15, 0.2) is 0 Å². The molecule has 5 nitrogen and oxygen atoms in total. The predicted octanol–water partition coefficient (Wildman–Crippen LogP) is 3.60. The van der Waals surface area contributed by atoms with E-state index >= 15 is 0 Å². The summed E-state index contributed by atoms with van der Waals surface area (Å²) >= 11 is 0. The summed E-state index contributed by atoms with van der Waals surface area (Å²) in [5.74, 6) is 1.03. The predicted molar refractivity (Wildman–Crippen MR) is 100.0 cm³/mol. The van der Waals surface area contributed by atoms with Crippen molar-refractivity contribution in [3.8, 4) is 5.75 Å². The number of nitrogens with one attached hydrogen (secondary N) is 1. The van der Waals surface area contributed by atoms with E-state index in [1.165, 1.54) is 0 Å². The van der Waals surface area contributed by atoms with Crippen molar-refractivity contribution < 1.29 is 14.3 Å². The highest BCUT2D eigenvalue weighted by Crippen LogP contribution is 2.71. The topological polar surface area (TPSA) is 58.6 Å². The maximum atomic E-state index is 13.1. The normalized spacial score (nSPS) is 22.2. The Balaban J connectivity index is 1.45. The van der Waals surface area contributed by atoms with Crippen LogP contribution in [0, 0.1) is 10.8 Å². The summed E-state index contributed by atoms with van der Waals surface area (Å²) in [6, 6.07) is 7.48. The van der Waals surface area contributed by atoms with Gasteiger partial charge in [0.2, 0.25) is 11.8 Å². The third kappa shape index (κ3) is 2.87. The van der Waals surface area contributed by atoms with E-state index in [-0.39, 0.29) is 17.9 Å². The smallest absolute Gasteiger partial charge is 0.231 e. The number of likely N-dealkylation sites (tertiary alicyclic amines) is 1. The van der Waals surface area contributed by atoms with Crippen LogP contribution in [0.5, 0.6) is 5.75 Å². The molecule has 1 saturated heterocycles. The molecule has 0 aromatic heterocycles. The van der Waals surface area contributed by atoms with Crippen LogP contribution in [-0.4, -0.2) is 35.9 Å². The minimum absolute atomic E-state index is 0.0140. The van der Waals surface area contributed by atoms with E-state index in [0.29, 0.717) is 0 Å². The summed E-state index contributed by atoms with van der Waals surface area (Å²) in [7, 11) is 0. The Bertz CT molecular complexity index is 696. The Kier molecular flexibility index (Phi) is 4.20. The van der Waals surface area contributed by atoms with E-state index < -0.39 is 10.8 Å². The van der Waals surface area contributed by atoms with Crippen molar-refractivity contribution in [2.45, 2.75) is 58.5 Å². The van der Waals surface area contributed by atoms with Crippen LogP contribution < -0.4 is 10.1 Å². The number of hydrogen-bond acceptors (Lipinski definition) is 3. The Labute approximate surface area is 155 Å². The Morgan fingerprint density at radius 3 is 2.08 bits per heavy atom. The van der Waals surface area contributed by atoms with E-state index in [2.05, 4.69) is 5.32 Å². The van der Waals surface area contributed by atoms with Crippen molar-refractivity contribution in [3.63, 3.8) is 0 Å². The van der Waals surface area contributed by atoms with Crippen LogP contribution in [0.1, 0.15) is 52.4 Å². The molecule has 0 spiro atoms. The molecule has 1 heterocycles. The number of benzene rings is 1. The first-order valence-corrected chi connectivity index (χ1v) is 9.84.